The van der Waals surface area contributed by atoms with Gasteiger partial charge < -0.3 is 5.73 Å². The van der Waals surface area contributed by atoms with Crippen LogP contribution in [0.5, 0.6) is 0 Å². The molecule has 2 rings (SSSR count). The summed E-state index contributed by atoms with van der Waals surface area (Å²) in [6.07, 6.45) is 1.69. The van der Waals surface area contributed by atoms with Gasteiger partial charge in [0.05, 0.1) is 5.69 Å². The van der Waals surface area contributed by atoms with E-state index in [0.29, 0.717) is 11.3 Å². The molecule has 0 bridgehead atoms. The summed E-state index contributed by atoms with van der Waals surface area (Å²) in [5.74, 6) is 0.470. The molecular formula is C6H6N4S. The molecule has 0 amide bonds. The van der Waals surface area contributed by atoms with Crippen molar-refractivity contribution in [1.29, 1.82) is 0 Å². The van der Waals surface area contributed by atoms with Gasteiger partial charge in [-0.1, -0.05) is 0 Å². The fraction of sp³-hybridized carbons (Fsp3) is 0.167. The van der Waals surface area contributed by atoms with Gasteiger partial charge in [0, 0.05) is 6.20 Å². The van der Waals surface area contributed by atoms with E-state index in [1.54, 1.807) is 6.20 Å². The van der Waals surface area contributed by atoms with E-state index in [0.717, 1.165) is 10.5 Å². The predicted molar refractivity (Wildman–Crippen MR) is 44.4 cm³/mol. The van der Waals surface area contributed by atoms with Crippen LogP contribution >= 0.6 is 11.5 Å². The van der Waals surface area contributed by atoms with Crippen molar-refractivity contribution in [3.05, 3.63) is 11.9 Å². The van der Waals surface area contributed by atoms with E-state index in [9.17, 15) is 0 Å². The van der Waals surface area contributed by atoms with Crippen LogP contribution in [0.15, 0.2) is 6.20 Å². The highest BCUT2D eigenvalue weighted by molar-refractivity contribution is 7.13. The Balaban J connectivity index is 2.86. The number of anilines is 1. The SMILES string of the molecule is Cc1cnc2c(N)nsc2n1. The van der Waals surface area contributed by atoms with Crippen LogP contribution in [-0.2, 0) is 0 Å². The van der Waals surface area contributed by atoms with Crippen LogP contribution in [0.2, 0.25) is 0 Å². The molecule has 0 aliphatic rings. The third kappa shape index (κ3) is 0.932. The molecule has 2 N–H and O–H groups in total. The lowest BCUT2D eigenvalue weighted by Gasteiger charge is -1.89. The van der Waals surface area contributed by atoms with Gasteiger partial charge in [-0.15, -0.1) is 0 Å². The molecule has 11 heavy (non-hydrogen) atoms. The Bertz CT molecular complexity index is 394. The predicted octanol–water partition coefficient (Wildman–Crippen LogP) is 0.977. The molecule has 4 nitrogen and oxygen atoms in total. The topological polar surface area (TPSA) is 64.7 Å². The van der Waals surface area contributed by atoms with Gasteiger partial charge in [-0.2, -0.15) is 4.37 Å². The van der Waals surface area contributed by atoms with Crippen LogP contribution < -0.4 is 5.73 Å². The molecule has 5 heteroatoms. The van der Waals surface area contributed by atoms with E-state index >= 15 is 0 Å². The number of nitrogens with zero attached hydrogens (tertiary/aromatic N) is 3. The van der Waals surface area contributed by atoms with Gasteiger partial charge in [-0.25, -0.2) is 9.97 Å². The Morgan fingerprint density at radius 3 is 3.18 bits per heavy atom. The third-order valence-electron chi connectivity index (χ3n) is 1.33. The second kappa shape index (κ2) is 2.13. The first-order chi connectivity index (χ1) is 5.27. The quantitative estimate of drug-likeness (QED) is 0.633. The molecule has 0 aliphatic heterocycles. The molecule has 0 aromatic carbocycles. The number of fused-ring (bicyclic) bond motifs is 1. The molecule has 2 aromatic heterocycles. The first-order valence-electron chi connectivity index (χ1n) is 3.12. The van der Waals surface area contributed by atoms with Crippen LogP contribution in [0.25, 0.3) is 10.3 Å². The average molecular weight is 166 g/mol. The summed E-state index contributed by atoms with van der Waals surface area (Å²) in [5, 5.41) is 0. The lowest BCUT2D eigenvalue weighted by atomic mass is 10.5. The van der Waals surface area contributed by atoms with Gasteiger partial charge in [0.25, 0.3) is 0 Å². The zero-order valence-electron chi connectivity index (χ0n) is 5.90. The van der Waals surface area contributed by atoms with E-state index in [4.69, 9.17) is 5.73 Å². The molecule has 0 unspecified atom stereocenters. The van der Waals surface area contributed by atoms with Crippen molar-refractivity contribution in [2.24, 2.45) is 0 Å². The number of aromatic nitrogens is 3. The fourth-order valence-corrected chi connectivity index (χ4v) is 1.53. The number of nitrogen functional groups attached to an aromatic ring is 1. The Morgan fingerprint density at radius 2 is 2.36 bits per heavy atom. The van der Waals surface area contributed by atoms with Crippen molar-refractivity contribution in [2.45, 2.75) is 6.92 Å². The van der Waals surface area contributed by atoms with Crippen molar-refractivity contribution in [2.75, 3.05) is 5.73 Å². The first-order valence-corrected chi connectivity index (χ1v) is 3.89. The molecule has 2 aromatic rings. The summed E-state index contributed by atoms with van der Waals surface area (Å²) in [6.45, 7) is 1.89. The molecule has 0 fully saturated rings. The second-order valence-electron chi connectivity index (χ2n) is 2.23. The third-order valence-corrected chi connectivity index (χ3v) is 2.08. The Kier molecular flexibility index (Phi) is 1.25. The van der Waals surface area contributed by atoms with Crippen LogP contribution in [0.3, 0.4) is 0 Å². The molecule has 0 atom stereocenters. The molecule has 0 spiro atoms. The molecule has 0 aliphatic carbocycles. The minimum atomic E-state index is 0.470. The molecule has 0 radical (unpaired) electrons. The molecule has 0 saturated heterocycles. The van der Waals surface area contributed by atoms with Gasteiger partial charge in [0.1, 0.15) is 5.52 Å². The summed E-state index contributed by atoms with van der Waals surface area (Å²) in [5.41, 5.74) is 7.12. The Morgan fingerprint density at radius 1 is 1.55 bits per heavy atom. The number of aryl methyl sites for hydroxylation is 1. The van der Waals surface area contributed by atoms with Crippen molar-refractivity contribution in [1.82, 2.24) is 14.3 Å². The second-order valence-corrected chi connectivity index (χ2v) is 2.98. The van der Waals surface area contributed by atoms with Gasteiger partial charge >= 0.3 is 0 Å². The molecule has 2 heterocycles. The van der Waals surface area contributed by atoms with Crippen molar-refractivity contribution in [3.8, 4) is 0 Å². The molecular weight excluding hydrogens is 160 g/mol. The molecule has 0 saturated carbocycles. The maximum atomic E-state index is 5.52. The lowest BCUT2D eigenvalue weighted by Crippen LogP contribution is -1.87. The lowest BCUT2D eigenvalue weighted by molar-refractivity contribution is 1.20. The van der Waals surface area contributed by atoms with E-state index < -0.39 is 0 Å². The maximum absolute atomic E-state index is 5.52. The zero-order valence-corrected chi connectivity index (χ0v) is 6.72. The van der Waals surface area contributed by atoms with Crippen molar-refractivity contribution >= 4 is 27.7 Å². The van der Waals surface area contributed by atoms with Crippen LogP contribution in [0, 0.1) is 6.92 Å². The Labute approximate surface area is 67.3 Å². The van der Waals surface area contributed by atoms with Gasteiger partial charge in [0.15, 0.2) is 10.6 Å². The average Bonchev–Trinajstić information content (AvgIpc) is 2.32. The van der Waals surface area contributed by atoms with Gasteiger partial charge in [0.2, 0.25) is 0 Å². The van der Waals surface area contributed by atoms with E-state index in [1.807, 2.05) is 6.92 Å². The van der Waals surface area contributed by atoms with Crippen LogP contribution in [0.4, 0.5) is 5.82 Å². The summed E-state index contributed by atoms with van der Waals surface area (Å²) >= 11 is 1.28. The van der Waals surface area contributed by atoms with E-state index in [-0.39, 0.29) is 0 Å². The smallest absolute Gasteiger partial charge is 0.165 e. The number of rotatable bonds is 0. The standard InChI is InChI=1S/C6H6N4S/c1-3-2-8-4-5(7)10-11-6(4)9-3/h2H,1H3,(H2,7,10). The van der Waals surface area contributed by atoms with Crippen LogP contribution in [-0.4, -0.2) is 14.3 Å². The minimum Gasteiger partial charge on any atom is -0.381 e. The van der Waals surface area contributed by atoms with E-state index in [1.165, 1.54) is 11.5 Å². The zero-order chi connectivity index (χ0) is 7.84. The summed E-state index contributed by atoms with van der Waals surface area (Å²) in [4.78, 5) is 9.12. The highest BCUT2D eigenvalue weighted by Gasteiger charge is 2.03. The normalized spacial score (nSPS) is 10.6. The fourth-order valence-electron chi connectivity index (χ4n) is 0.830. The minimum absolute atomic E-state index is 0.470. The van der Waals surface area contributed by atoms with Crippen molar-refractivity contribution < 1.29 is 0 Å². The van der Waals surface area contributed by atoms with Gasteiger partial charge in [-0.3, -0.25) is 0 Å². The number of nitrogens with two attached hydrogens (primary N) is 1. The Hall–Kier alpha value is -1.23. The van der Waals surface area contributed by atoms with Crippen molar-refractivity contribution in [3.63, 3.8) is 0 Å². The number of hydrogen-bond acceptors (Lipinski definition) is 5. The maximum Gasteiger partial charge on any atom is 0.165 e. The van der Waals surface area contributed by atoms with Crippen LogP contribution in [0.1, 0.15) is 5.69 Å². The summed E-state index contributed by atoms with van der Waals surface area (Å²) in [7, 11) is 0. The number of hydrogen-bond donors (Lipinski definition) is 1. The highest BCUT2D eigenvalue weighted by atomic mass is 32.1. The summed E-state index contributed by atoms with van der Waals surface area (Å²) < 4.78 is 3.93. The summed E-state index contributed by atoms with van der Waals surface area (Å²) in [6, 6.07) is 0. The highest BCUT2D eigenvalue weighted by Crippen LogP contribution is 2.19. The first kappa shape index (κ1) is 6.48. The van der Waals surface area contributed by atoms with E-state index in [2.05, 4.69) is 14.3 Å². The largest absolute Gasteiger partial charge is 0.381 e. The molecule has 56 valence electrons. The van der Waals surface area contributed by atoms with Gasteiger partial charge in [-0.05, 0) is 18.5 Å². The monoisotopic (exact) mass is 166 g/mol.